The molecule has 0 aliphatic carbocycles. The standard InChI is InChI=1S/C17H25N3O2/c1-17(2,3)22-16(21)19-11-5-4-8-14-10-9-13-7-6-12-18-15(13)20-14/h4,8-10H,5-7,11-12H2,1-3H3,(H,18,20)(H,19,21). The van der Waals surface area contributed by atoms with Gasteiger partial charge in [-0.3, -0.25) is 0 Å². The molecule has 2 rings (SSSR count). The normalized spacial score (nSPS) is 14.3. The van der Waals surface area contributed by atoms with Gasteiger partial charge < -0.3 is 15.4 Å². The van der Waals surface area contributed by atoms with Crippen molar-refractivity contribution in [3.63, 3.8) is 0 Å². The van der Waals surface area contributed by atoms with Crippen molar-refractivity contribution in [3.8, 4) is 0 Å². The van der Waals surface area contributed by atoms with Gasteiger partial charge in [0.15, 0.2) is 0 Å². The first kappa shape index (κ1) is 16.3. The van der Waals surface area contributed by atoms with Gasteiger partial charge >= 0.3 is 6.09 Å². The van der Waals surface area contributed by atoms with Crippen molar-refractivity contribution < 1.29 is 9.53 Å². The molecule has 0 spiro atoms. The fourth-order valence-electron chi connectivity index (χ4n) is 2.21. The van der Waals surface area contributed by atoms with Gasteiger partial charge in [0, 0.05) is 13.1 Å². The Morgan fingerprint density at radius 1 is 1.45 bits per heavy atom. The third kappa shape index (κ3) is 5.39. The Bertz CT molecular complexity index is 547. The Kier molecular flexibility index (Phi) is 5.41. The summed E-state index contributed by atoms with van der Waals surface area (Å²) >= 11 is 0. The molecule has 1 aromatic heterocycles. The number of fused-ring (bicyclic) bond motifs is 1. The number of anilines is 1. The van der Waals surface area contributed by atoms with Crippen LogP contribution in [0.5, 0.6) is 0 Å². The van der Waals surface area contributed by atoms with Crippen molar-refractivity contribution in [1.82, 2.24) is 10.3 Å². The Morgan fingerprint density at radius 2 is 2.27 bits per heavy atom. The zero-order valence-corrected chi connectivity index (χ0v) is 13.6. The molecule has 0 fully saturated rings. The quantitative estimate of drug-likeness (QED) is 0.837. The fourth-order valence-corrected chi connectivity index (χ4v) is 2.21. The van der Waals surface area contributed by atoms with Crippen LogP contribution in [0.1, 0.15) is 44.9 Å². The van der Waals surface area contributed by atoms with Crippen LogP contribution in [-0.2, 0) is 11.2 Å². The highest BCUT2D eigenvalue weighted by Gasteiger charge is 2.15. The second-order valence-corrected chi connectivity index (χ2v) is 6.39. The van der Waals surface area contributed by atoms with Crippen LogP contribution in [0.3, 0.4) is 0 Å². The van der Waals surface area contributed by atoms with E-state index >= 15 is 0 Å². The number of rotatable bonds is 4. The number of aromatic nitrogens is 1. The van der Waals surface area contributed by atoms with E-state index in [1.54, 1.807) is 0 Å². The van der Waals surface area contributed by atoms with Crippen LogP contribution in [0.15, 0.2) is 18.2 Å². The number of amides is 1. The molecule has 1 aromatic rings. The molecule has 5 heteroatoms. The molecular formula is C17H25N3O2. The van der Waals surface area contributed by atoms with Gasteiger partial charge in [-0.15, -0.1) is 0 Å². The lowest BCUT2D eigenvalue weighted by Crippen LogP contribution is -2.32. The minimum Gasteiger partial charge on any atom is -0.444 e. The van der Waals surface area contributed by atoms with Crippen molar-refractivity contribution in [2.75, 3.05) is 18.4 Å². The number of alkyl carbamates (subject to hydrolysis) is 1. The molecule has 0 saturated carbocycles. The summed E-state index contributed by atoms with van der Waals surface area (Å²) in [6.45, 7) is 7.09. The molecule has 0 radical (unpaired) electrons. The van der Waals surface area contributed by atoms with Gasteiger partial charge in [-0.2, -0.15) is 0 Å². The molecule has 1 amide bonds. The predicted molar refractivity (Wildman–Crippen MR) is 88.9 cm³/mol. The van der Waals surface area contributed by atoms with E-state index in [1.807, 2.05) is 39.0 Å². The molecule has 1 aliphatic heterocycles. The molecular weight excluding hydrogens is 278 g/mol. The van der Waals surface area contributed by atoms with E-state index in [4.69, 9.17) is 4.74 Å². The van der Waals surface area contributed by atoms with Crippen LogP contribution in [0.25, 0.3) is 6.08 Å². The molecule has 1 aliphatic rings. The lowest BCUT2D eigenvalue weighted by Gasteiger charge is -2.19. The van der Waals surface area contributed by atoms with E-state index < -0.39 is 5.60 Å². The average molecular weight is 303 g/mol. The molecule has 2 heterocycles. The lowest BCUT2D eigenvalue weighted by molar-refractivity contribution is 0.0529. The number of ether oxygens (including phenoxy) is 1. The van der Waals surface area contributed by atoms with Gasteiger partial charge in [0.2, 0.25) is 0 Å². The molecule has 5 nitrogen and oxygen atoms in total. The maximum absolute atomic E-state index is 11.5. The van der Waals surface area contributed by atoms with Crippen LogP contribution in [0.4, 0.5) is 10.6 Å². The summed E-state index contributed by atoms with van der Waals surface area (Å²) in [7, 11) is 0. The van der Waals surface area contributed by atoms with Crippen LogP contribution in [-0.4, -0.2) is 29.8 Å². The van der Waals surface area contributed by atoms with Crippen molar-refractivity contribution >= 4 is 18.0 Å². The first-order valence-electron chi connectivity index (χ1n) is 7.81. The number of hydrogen-bond acceptors (Lipinski definition) is 4. The van der Waals surface area contributed by atoms with Crippen LogP contribution in [0, 0.1) is 0 Å². The van der Waals surface area contributed by atoms with Gasteiger partial charge in [0.1, 0.15) is 11.4 Å². The van der Waals surface area contributed by atoms with E-state index in [-0.39, 0.29) is 6.09 Å². The SMILES string of the molecule is CC(C)(C)OC(=O)NCCC=Cc1ccc2c(n1)NCCC2. The molecule has 2 N–H and O–H groups in total. The number of nitrogens with one attached hydrogen (secondary N) is 2. The highest BCUT2D eigenvalue weighted by Crippen LogP contribution is 2.20. The Morgan fingerprint density at radius 3 is 3.05 bits per heavy atom. The number of carbonyl (C=O) groups excluding carboxylic acids is 1. The number of aryl methyl sites for hydroxylation is 1. The maximum atomic E-state index is 11.5. The van der Waals surface area contributed by atoms with Gasteiger partial charge in [0.05, 0.1) is 5.69 Å². The number of pyridine rings is 1. The summed E-state index contributed by atoms with van der Waals surface area (Å²) in [6, 6.07) is 4.16. The van der Waals surface area contributed by atoms with E-state index in [1.165, 1.54) is 12.0 Å². The van der Waals surface area contributed by atoms with Gasteiger partial charge in [-0.05, 0) is 57.7 Å². The predicted octanol–water partition coefficient (Wildman–Crippen LogP) is 3.37. The van der Waals surface area contributed by atoms with Gasteiger partial charge in [-0.25, -0.2) is 9.78 Å². The summed E-state index contributed by atoms with van der Waals surface area (Å²) in [5.74, 6) is 1.00. The zero-order chi connectivity index (χ0) is 16.0. The summed E-state index contributed by atoms with van der Waals surface area (Å²) in [5, 5.41) is 6.05. The van der Waals surface area contributed by atoms with Crippen molar-refractivity contribution in [2.24, 2.45) is 0 Å². The maximum Gasteiger partial charge on any atom is 0.407 e. The van der Waals surface area contributed by atoms with E-state index in [9.17, 15) is 4.79 Å². The number of hydrogen-bond donors (Lipinski definition) is 2. The number of nitrogens with zero attached hydrogens (tertiary/aromatic N) is 1. The molecule has 0 unspecified atom stereocenters. The molecule has 0 saturated heterocycles. The highest BCUT2D eigenvalue weighted by atomic mass is 16.6. The van der Waals surface area contributed by atoms with Crippen LogP contribution >= 0.6 is 0 Å². The summed E-state index contributed by atoms with van der Waals surface area (Å²) < 4.78 is 5.17. The van der Waals surface area contributed by atoms with Crippen molar-refractivity contribution in [2.45, 2.75) is 45.6 Å². The van der Waals surface area contributed by atoms with E-state index in [0.29, 0.717) is 6.54 Å². The summed E-state index contributed by atoms with van der Waals surface area (Å²) in [4.78, 5) is 16.1. The third-order valence-electron chi connectivity index (χ3n) is 3.18. The Labute approximate surface area is 132 Å². The van der Waals surface area contributed by atoms with Crippen molar-refractivity contribution in [1.29, 1.82) is 0 Å². The van der Waals surface area contributed by atoms with Crippen molar-refractivity contribution in [3.05, 3.63) is 29.5 Å². The minimum atomic E-state index is -0.458. The number of carbonyl (C=O) groups is 1. The second-order valence-electron chi connectivity index (χ2n) is 6.39. The van der Waals surface area contributed by atoms with Crippen LogP contribution < -0.4 is 10.6 Å². The summed E-state index contributed by atoms with van der Waals surface area (Å²) in [6.07, 6.45) is 6.62. The minimum absolute atomic E-state index is 0.378. The van der Waals surface area contributed by atoms with Gasteiger partial charge in [0.25, 0.3) is 0 Å². The smallest absolute Gasteiger partial charge is 0.407 e. The molecule has 0 aromatic carbocycles. The Hall–Kier alpha value is -2.04. The molecule has 0 atom stereocenters. The largest absolute Gasteiger partial charge is 0.444 e. The molecule has 0 bridgehead atoms. The van der Waals surface area contributed by atoms with Crippen LogP contribution in [0.2, 0.25) is 0 Å². The van der Waals surface area contributed by atoms with E-state index in [0.717, 1.165) is 30.9 Å². The summed E-state index contributed by atoms with van der Waals surface area (Å²) in [5.41, 5.74) is 1.76. The zero-order valence-electron chi connectivity index (χ0n) is 13.6. The lowest BCUT2D eigenvalue weighted by atomic mass is 10.1. The molecule has 120 valence electrons. The average Bonchev–Trinajstić information content (AvgIpc) is 2.45. The first-order valence-corrected chi connectivity index (χ1v) is 7.81. The Balaban J connectivity index is 1.75. The second kappa shape index (κ2) is 7.29. The first-order chi connectivity index (χ1) is 10.4. The monoisotopic (exact) mass is 303 g/mol. The molecule has 22 heavy (non-hydrogen) atoms. The van der Waals surface area contributed by atoms with Gasteiger partial charge in [-0.1, -0.05) is 12.1 Å². The fraction of sp³-hybridized carbons (Fsp3) is 0.529. The third-order valence-corrected chi connectivity index (χ3v) is 3.18. The highest BCUT2D eigenvalue weighted by molar-refractivity contribution is 5.67. The topological polar surface area (TPSA) is 63.2 Å². The van der Waals surface area contributed by atoms with E-state index in [2.05, 4.69) is 21.7 Å².